The van der Waals surface area contributed by atoms with Crippen LogP contribution in [0.4, 0.5) is 0 Å². The van der Waals surface area contributed by atoms with E-state index in [-0.39, 0.29) is 11.6 Å². The third-order valence-corrected chi connectivity index (χ3v) is 4.77. The van der Waals surface area contributed by atoms with Crippen molar-refractivity contribution in [1.29, 1.82) is 0 Å². The number of ether oxygens (including phenoxy) is 1. The van der Waals surface area contributed by atoms with Crippen LogP contribution in [0, 0.1) is 0 Å². The molecule has 1 saturated carbocycles. The Kier molecular flexibility index (Phi) is 6.24. The number of hydrogen-bond donors (Lipinski definition) is 1. The van der Waals surface area contributed by atoms with Crippen LogP contribution in [0.25, 0.3) is 0 Å². The normalized spacial score (nSPS) is 20.1. The summed E-state index contributed by atoms with van der Waals surface area (Å²) in [5.41, 5.74) is 1.19. The van der Waals surface area contributed by atoms with Gasteiger partial charge in [0.25, 0.3) is 0 Å². The smallest absolute Gasteiger partial charge is 0.0887 e. The molecule has 4 heteroatoms. The van der Waals surface area contributed by atoms with E-state index in [9.17, 15) is 0 Å². The number of likely N-dealkylation sites (N-methyl/N-ethyl adjacent to an activating group) is 1. The van der Waals surface area contributed by atoms with E-state index in [1.165, 1.54) is 31.4 Å². The Morgan fingerprint density at radius 1 is 1.29 bits per heavy atom. The second-order valence-corrected chi connectivity index (χ2v) is 6.15. The maximum Gasteiger partial charge on any atom is 0.0887 e. The van der Waals surface area contributed by atoms with Crippen LogP contribution >= 0.6 is 0 Å². The van der Waals surface area contributed by atoms with Crippen LogP contribution in [-0.4, -0.2) is 29.0 Å². The molecule has 1 aromatic rings. The van der Waals surface area contributed by atoms with Gasteiger partial charge in [0.2, 0.25) is 0 Å². The zero-order valence-corrected chi connectivity index (χ0v) is 13.9. The van der Waals surface area contributed by atoms with Gasteiger partial charge in [-0.25, -0.2) is 0 Å². The van der Waals surface area contributed by atoms with E-state index >= 15 is 0 Å². The predicted octanol–water partition coefficient (Wildman–Crippen LogP) is 3.68. The molecular weight excluding hydrogens is 262 g/mol. The summed E-state index contributed by atoms with van der Waals surface area (Å²) in [5.74, 6) is 0. The van der Waals surface area contributed by atoms with E-state index in [4.69, 9.17) is 4.74 Å². The molecule has 0 spiro atoms. The van der Waals surface area contributed by atoms with Gasteiger partial charge in [0, 0.05) is 19.9 Å². The summed E-state index contributed by atoms with van der Waals surface area (Å²) < 4.78 is 8.28. The van der Waals surface area contributed by atoms with Crippen LogP contribution in [0.1, 0.15) is 70.5 Å². The molecule has 1 atom stereocenters. The molecule has 0 radical (unpaired) electrons. The van der Waals surface area contributed by atoms with Gasteiger partial charge >= 0.3 is 0 Å². The molecule has 4 nitrogen and oxygen atoms in total. The van der Waals surface area contributed by atoms with Crippen molar-refractivity contribution >= 4 is 0 Å². The van der Waals surface area contributed by atoms with Crippen LogP contribution < -0.4 is 5.32 Å². The lowest BCUT2D eigenvalue weighted by atomic mass is 9.84. The SMILES string of the molecule is CCCn1nccc1C(NCC)C1(OC)CCCCCC1. The number of nitrogens with zero attached hydrogens (tertiary/aromatic N) is 2. The lowest BCUT2D eigenvalue weighted by Crippen LogP contribution is -2.46. The molecule has 1 aromatic heterocycles. The molecule has 120 valence electrons. The molecule has 1 aliphatic carbocycles. The van der Waals surface area contributed by atoms with E-state index in [0.29, 0.717) is 0 Å². The molecule has 0 bridgehead atoms. The minimum atomic E-state index is -0.0853. The molecule has 1 fully saturated rings. The van der Waals surface area contributed by atoms with E-state index in [2.05, 4.69) is 35.0 Å². The van der Waals surface area contributed by atoms with Crippen molar-refractivity contribution in [1.82, 2.24) is 15.1 Å². The largest absolute Gasteiger partial charge is 0.376 e. The molecule has 0 saturated heterocycles. The maximum absolute atomic E-state index is 6.13. The second kappa shape index (κ2) is 7.95. The Balaban J connectivity index is 2.32. The van der Waals surface area contributed by atoms with Gasteiger partial charge in [-0.2, -0.15) is 5.10 Å². The molecule has 0 aromatic carbocycles. The van der Waals surface area contributed by atoms with Crippen molar-refractivity contribution in [2.75, 3.05) is 13.7 Å². The summed E-state index contributed by atoms with van der Waals surface area (Å²) in [5, 5.41) is 8.20. The van der Waals surface area contributed by atoms with Gasteiger partial charge in [-0.1, -0.05) is 39.5 Å². The Bertz CT molecular complexity index is 408. The van der Waals surface area contributed by atoms with Gasteiger partial charge in [-0.05, 0) is 31.9 Å². The van der Waals surface area contributed by atoms with E-state index < -0.39 is 0 Å². The first-order valence-electron chi connectivity index (χ1n) is 8.57. The molecule has 0 aliphatic heterocycles. The number of nitrogens with one attached hydrogen (secondary N) is 1. The number of aromatic nitrogens is 2. The minimum Gasteiger partial charge on any atom is -0.376 e. The Morgan fingerprint density at radius 2 is 2.00 bits per heavy atom. The number of hydrogen-bond acceptors (Lipinski definition) is 3. The maximum atomic E-state index is 6.13. The molecule has 21 heavy (non-hydrogen) atoms. The first kappa shape index (κ1) is 16.5. The lowest BCUT2D eigenvalue weighted by Gasteiger charge is -2.40. The van der Waals surface area contributed by atoms with Crippen LogP contribution in [0.15, 0.2) is 12.3 Å². The summed E-state index contributed by atoms with van der Waals surface area (Å²) in [6.07, 6.45) is 10.5. The summed E-state index contributed by atoms with van der Waals surface area (Å²) in [4.78, 5) is 0. The fraction of sp³-hybridized carbons (Fsp3) is 0.824. The van der Waals surface area contributed by atoms with E-state index in [1.54, 1.807) is 0 Å². The third-order valence-electron chi connectivity index (χ3n) is 4.77. The van der Waals surface area contributed by atoms with Gasteiger partial charge < -0.3 is 10.1 Å². The predicted molar refractivity (Wildman–Crippen MR) is 86.4 cm³/mol. The van der Waals surface area contributed by atoms with Gasteiger partial charge in [0.1, 0.15) is 0 Å². The Hall–Kier alpha value is -0.870. The number of rotatable bonds is 7. The van der Waals surface area contributed by atoms with Gasteiger partial charge in [-0.15, -0.1) is 0 Å². The highest BCUT2D eigenvalue weighted by molar-refractivity contribution is 5.14. The lowest BCUT2D eigenvalue weighted by molar-refractivity contribution is -0.0557. The van der Waals surface area contributed by atoms with Crippen molar-refractivity contribution in [2.24, 2.45) is 0 Å². The highest BCUT2D eigenvalue weighted by Crippen LogP contribution is 2.40. The second-order valence-electron chi connectivity index (χ2n) is 6.15. The molecule has 1 heterocycles. The summed E-state index contributed by atoms with van der Waals surface area (Å²) in [7, 11) is 1.89. The molecule has 1 unspecified atom stereocenters. The van der Waals surface area contributed by atoms with Gasteiger partial charge in [0.05, 0.1) is 17.3 Å². The average molecular weight is 293 g/mol. The summed E-state index contributed by atoms with van der Waals surface area (Å²) in [6.45, 7) is 6.30. The highest BCUT2D eigenvalue weighted by atomic mass is 16.5. The molecular formula is C17H31N3O. The standard InChI is InChI=1S/C17H31N3O/c1-4-14-20-15(10-13-19-20)16(18-5-2)17(21-3)11-8-6-7-9-12-17/h10,13,16,18H,4-9,11-12,14H2,1-3H3. The highest BCUT2D eigenvalue weighted by Gasteiger charge is 2.41. The van der Waals surface area contributed by atoms with Gasteiger partial charge in [-0.3, -0.25) is 4.68 Å². The first-order chi connectivity index (χ1) is 10.3. The first-order valence-corrected chi connectivity index (χ1v) is 8.57. The molecule has 1 aliphatic rings. The fourth-order valence-corrected chi connectivity index (χ4v) is 3.69. The Morgan fingerprint density at radius 3 is 2.57 bits per heavy atom. The van der Waals surface area contributed by atoms with Crippen LogP contribution in [0.3, 0.4) is 0 Å². The van der Waals surface area contributed by atoms with Crippen molar-refractivity contribution in [3.05, 3.63) is 18.0 Å². The summed E-state index contributed by atoms with van der Waals surface area (Å²) in [6, 6.07) is 2.40. The van der Waals surface area contributed by atoms with E-state index in [0.717, 1.165) is 32.4 Å². The minimum absolute atomic E-state index is 0.0853. The number of aryl methyl sites for hydroxylation is 1. The quantitative estimate of drug-likeness (QED) is 0.779. The monoisotopic (exact) mass is 293 g/mol. The van der Waals surface area contributed by atoms with Crippen LogP contribution in [-0.2, 0) is 11.3 Å². The summed E-state index contributed by atoms with van der Waals surface area (Å²) >= 11 is 0. The van der Waals surface area contributed by atoms with Crippen molar-refractivity contribution < 1.29 is 4.74 Å². The van der Waals surface area contributed by atoms with Gasteiger partial charge in [0.15, 0.2) is 0 Å². The third kappa shape index (κ3) is 3.67. The average Bonchev–Trinajstić information content (AvgIpc) is 2.81. The van der Waals surface area contributed by atoms with Crippen molar-refractivity contribution in [3.63, 3.8) is 0 Å². The zero-order valence-electron chi connectivity index (χ0n) is 13.9. The van der Waals surface area contributed by atoms with Crippen LogP contribution in [0.5, 0.6) is 0 Å². The van der Waals surface area contributed by atoms with E-state index in [1.807, 2.05) is 13.3 Å². The Labute approximate surface area is 129 Å². The molecule has 1 N–H and O–H groups in total. The fourth-order valence-electron chi connectivity index (χ4n) is 3.69. The number of methoxy groups -OCH3 is 1. The zero-order chi connectivity index (χ0) is 15.1. The van der Waals surface area contributed by atoms with Crippen molar-refractivity contribution in [2.45, 2.75) is 77.0 Å². The molecule has 0 amide bonds. The topological polar surface area (TPSA) is 39.1 Å². The van der Waals surface area contributed by atoms with Crippen molar-refractivity contribution in [3.8, 4) is 0 Å². The van der Waals surface area contributed by atoms with Crippen LogP contribution in [0.2, 0.25) is 0 Å². The molecule has 2 rings (SSSR count).